The number of ether oxygens (including phenoxy) is 1. The molecule has 0 bridgehead atoms. The van der Waals surface area contributed by atoms with E-state index in [2.05, 4.69) is 4.99 Å². The molecule has 4 atom stereocenters. The third-order valence-electron chi connectivity index (χ3n) is 4.38. The quantitative estimate of drug-likeness (QED) is 0.731. The van der Waals surface area contributed by atoms with Crippen molar-refractivity contribution in [2.75, 3.05) is 6.54 Å². The Morgan fingerprint density at radius 1 is 1.40 bits per heavy atom. The Kier molecular flexibility index (Phi) is 3.05. The zero-order chi connectivity index (χ0) is 14.5. The maximum Gasteiger partial charge on any atom is 0.259 e. The number of fused-ring (bicyclic) bond motifs is 3. The summed E-state index contributed by atoms with van der Waals surface area (Å²) in [5, 5.41) is 0. The molecular weight excluding hydrogens is 256 g/mol. The van der Waals surface area contributed by atoms with E-state index in [0.717, 1.165) is 18.4 Å². The van der Waals surface area contributed by atoms with Gasteiger partial charge in [0.2, 0.25) is 5.91 Å². The van der Waals surface area contributed by atoms with Gasteiger partial charge < -0.3 is 4.74 Å². The van der Waals surface area contributed by atoms with Crippen LogP contribution in [-0.4, -0.2) is 47.2 Å². The van der Waals surface area contributed by atoms with Crippen molar-refractivity contribution >= 4 is 18.0 Å². The fraction of sp³-hybridized carbons (Fsp3) is 0.667. The van der Waals surface area contributed by atoms with Crippen LogP contribution in [0.4, 0.5) is 0 Å². The van der Waals surface area contributed by atoms with Gasteiger partial charge in [-0.2, -0.15) is 0 Å². The Balaban J connectivity index is 1.89. The predicted molar refractivity (Wildman–Crippen MR) is 74.4 cm³/mol. The minimum absolute atomic E-state index is 0.118. The maximum absolute atomic E-state index is 12.5. The number of likely N-dealkylation sites (tertiary alicyclic amines) is 1. The summed E-state index contributed by atoms with van der Waals surface area (Å²) in [5.41, 5.74) is 0.377. The zero-order valence-corrected chi connectivity index (χ0v) is 12.1. The smallest absolute Gasteiger partial charge is 0.259 e. The highest BCUT2D eigenvalue weighted by molar-refractivity contribution is 6.07. The van der Waals surface area contributed by atoms with Crippen molar-refractivity contribution in [2.24, 2.45) is 10.9 Å². The largest absolute Gasteiger partial charge is 0.355 e. The lowest BCUT2D eigenvalue weighted by atomic mass is 9.85. The van der Waals surface area contributed by atoms with E-state index in [9.17, 15) is 9.59 Å². The lowest BCUT2D eigenvalue weighted by molar-refractivity contribution is -0.145. The summed E-state index contributed by atoms with van der Waals surface area (Å²) >= 11 is 0. The van der Waals surface area contributed by atoms with Crippen molar-refractivity contribution in [3.63, 3.8) is 0 Å². The molecule has 3 heterocycles. The molecule has 3 aliphatic rings. The molecule has 5 heteroatoms. The number of rotatable bonds is 3. The highest BCUT2D eigenvalue weighted by Gasteiger charge is 2.63. The van der Waals surface area contributed by atoms with Crippen LogP contribution in [0.15, 0.2) is 16.6 Å². The van der Waals surface area contributed by atoms with Crippen LogP contribution < -0.4 is 0 Å². The van der Waals surface area contributed by atoms with Gasteiger partial charge in [-0.25, -0.2) is 0 Å². The number of allylic oxidation sites excluding steroid dienone is 1. The fourth-order valence-electron chi connectivity index (χ4n) is 3.43. The molecule has 3 aliphatic heterocycles. The van der Waals surface area contributed by atoms with Crippen molar-refractivity contribution < 1.29 is 14.3 Å². The number of aliphatic imine (C=N–C) groups is 1. The summed E-state index contributed by atoms with van der Waals surface area (Å²) in [7, 11) is 0. The monoisotopic (exact) mass is 276 g/mol. The van der Waals surface area contributed by atoms with E-state index < -0.39 is 17.6 Å². The molecule has 0 saturated carbocycles. The summed E-state index contributed by atoms with van der Waals surface area (Å²) in [6.45, 7) is 6.39. The summed E-state index contributed by atoms with van der Waals surface area (Å²) in [4.78, 5) is 30.7. The van der Waals surface area contributed by atoms with E-state index in [-0.39, 0.29) is 17.9 Å². The number of imide groups is 1. The van der Waals surface area contributed by atoms with Gasteiger partial charge in [-0.3, -0.25) is 19.5 Å². The number of nitrogens with zero attached hydrogens (tertiary/aromatic N) is 2. The van der Waals surface area contributed by atoms with E-state index in [1.54, 1.807) is 6.21 Å². The van der Waals surface area contributed by atoms with Crippen LogP contribution in [0.1, 0.15) is 33.6 Å². The second kappa shape index (κ2) is 4.52. The van der Waals surface area contributed by atoms with Crippen LogP contribution in [0.3, 0.4) is 0 Å². The number of carbonyl (C=O) groups is 2. The Labute approximate surface area is 118 Å². The summed E-state index contributed by atoms with van der Waals surface area (Å²) in [6, 6.07) is -0.278. The molecule has 0 radical (unpaired) electrons. The van der Waals surface area contributed by atoms with Gasteiger partial charge in [0.25, 0.3) is 5.91 Å². The van der Waals surface area contributed by atoms with E-state index in [1.807, 2.05) is 26.8 Å². The van der Waals surface area contributed by atoms with Crippen molar-refractivity contribution in [1.82, 2.24) is 4.90 Å². The van der Waals surface area contributed by atoms with Crippen LogP contribution in [0, 0.1) is 5.92 Å². The molecule has 0 aromatic heterocycles. The number of hydrogen-bond donors (Lipinski definition) is 0. The molecule has 2 amide bonds. The first-order valence-corrected chi connectivity index (χ1v) is 7.23. The Bertz CT molecular complexity index is 525. The topological polar surface area (TPSA) is 59.0 Å². The van der Waals surface area contributed by atoms with E-state index in [0.29, 0.717) is 6.54 Å². The standard InChI is InChI=1S/C15H20N2O3/c1-4-5-6-17-13(18)10-11(14(17)19)20-15(3)7-9(2)8-16-12(10)15/h7-8,10-12H,4-6H2,1-3H3/t10-,11-,12-,15-/m0/s1. The molecule has 2 saturated heterocycles. The molecule has 5 nitrogen and oxygen atoms in total. The molecule has 108 valence electrons. The first-order valence-electron chi connectivity index (χ1n) is 7.23. The van der Waals surface area contributed by atoms with Crippen molar-refractivity contribution in [2.45, 2.75) is 51.4 Å². The van der Waals surface area contributed by atoms with Gasteiger partial charge in [-0.15, -0.1) is 0 Å². The Hall–Kier alpha value is -1.49. The van der Waals surface area contributed by atoms with Crippen molar-refractivity contribution in [1.29, 1.82) is 0 Å². The molecule has 0 unspecified atom stereocenters. The number of dihydropyridines is 1. The lowest BCUT2D eigenvalue weighted by Gasteiger charge is -2.30. The highest BCUT2D eigenvalue weighted by atomic mass is 16.5. The molecule has 0 aromatic rings. The van der Waals surface area contributed by atoms with E-state index in [1.165, 1.54) is 4.90 Å². The molecule has 2 fully saturated rings. The average molecular weight is 276 g/mol. The van der Waals surface area contributed by atoms with Crippen LogP contribution in [-0.2, 0) is 14.3 Å². The van der Waals surface area contributed by atoms with E-state index in [4.69, 9.17) is 4.74 Å². The highest BCUT2D eigenvalue weighted by Crippen LogP contribution is 2.45. The van der Waals surface area contributed by atoms with Crippen molar-refractivity contribution in [3.8, 4) is 0 Å². The minimum atomic E-state index is -0.659. The van der Waals surface area contributed by atoms with Gasteiger partial charge in [0, 0.05) is 12.8 Å². The summed E-state index contributed by atoms with van der Waals surface area (Å²) in [5.74, 6) is -0.762. The number of carbonyl (C=O) groups excluding carboxylic acids is 2. The Morgan fingerprint density at radius 3 is 2.85 bits per heavy atom. The molecule has 0 N–H and O–H groups in total. The third-order valence-corrected chi connectivity index (χ3v) is 4.38. The second-order valence-electron chi connectivity index (χ2n) is 6.04. The lowest BCUT2D eigenvalue weighted by Crippen LogP contribution is -2.43. The zero-order valence-electron chi connectivity index (χ0n) is 12.1. The molecule has 20 heavy (non-hydrogen) atoms. The summed E-state index contributed by atoms with van der Waals surface area (Å²) in [6.07, 6.45) is 4.87. The molecule has 0 spiro atoms. The van der Waals surface area contributed by atoms with Crippen LogP contribution in [0.2, 0.25) is 0 Å². The molecule has 3 rings (SSSR count). The number of unbranched alkanes of at least 4 members (excludes halogenated alkanes) is 1. The van der Waals surface area contributed by atoms with Crippen LogP contribution in [0.25, 0.3) is 0 Å². The first-order chi connectivity index (χ1) is 9.48. The SMILES string of the molecule is CCCCN1C(=O)[C@H]2[C@H](O[C@@]3(C)C=C(C)C=N[C@@H]23)C1=O. The minimum Gasteiger partial charge on any atom is -0.355 e. The van der Waals surface area contributed by atoms with Crippen LogP contribution in [0.5, 0.6) is 0 Å². The van der Waals surface area contributed by atoms with Gasteiger partial charge in [-0.1, -0.05) is 13.3 Å². The van der Waals surface area contributed by atoms with Gasteiger partial charge in [0.05, 0.1) is 12.0 Å². The van der Waals surface area contributed by atoms with Gasteiger partial charge >= 0.3 is 0 Å². The van der Waals surface area contributed by atoms with Gasteiger partial charge in [-0.05, 0) is 31.9 Å². The number of hydrogen-bond acceptors (Lipinski definition) is 4. The Morgan fingerprint density at radius 2 is 2.15 bits per heavy atom. The van der Waals surface area contributed by atoms with E-state index >= 15 is 0 Å². The third kappa shape index (κ3) is 1.76. The maximum atomic E-state index is 12.5. The van der Waals surface area contributed by atoms with Gasteiger partial charge in [0.15, 0.2) is 6.10 Å². The van der Waals surface area contributed by atoms with Gasteiger partial charge in [0.1, 0.15) is 5.60 Å². The average Bonchev–Trinajstić information content (AvgIpc) is 2.80. The number of amides is 2. The normalized spacial score (nSPS) is 39.0. The second-order valence-corrected chi connectivity index (χ2v) is 6.04. The van der Waals surface area contributed by atoms with Crippen molar-refractivity contribution in [3.05, 3.63) is 11.6 Å². The fourth-order valence-corrected chi connectivity index (χ4v) is 3.43. The van der Waals surface area contributed by atoms with Crippen LogP contribution >= 0.6 is 0 Å². The predicted octanol–water partition coefficient (Wildman–Crippen LogP) is 1.33. The molecule has 0 aliphatic carbocycles. The molecule has 0 aromatic carbocycles. The molecular formula is C15H20N2O3. The summed E-state index contributed by atoms with van der Waals surface area (Å²) < 4.78 is 5.94. The first kappa shape index (κ1) is 13.5.